The molecule has 14 heavy (non-hydrogen) atoms. The number of hydrogen-bond donors (Lipinski definition) is 2. The predicted molar refractivity (Wildman–Crippen MR) is 52.8 cm³/mol. The highest BCUT2D eigenvalue weighted by atomic mass is 16.5. The Hall–Kier alpha value is -0.610. The number of carbonyl (C=O) groups excluding carboxylic acids is 1. The number of carbonyl (C=O) groups is 1. The highest BCUT2D eigenvalue weighted by molar-refractivity contribution is 5.65. The van der Waals surface area contributed by atoms with Crippen LogP contribution in [-0.2, 0) is 9.53 Å². The van der Waals surface area contributed by atoms with Crippen LogP contribution in [0.25, 0.3) is 0 Å². The molecule has 0 saturated carbocycles. The summed E-state index contributed by atoms with van der Waals surface area (Å²) in [5.74, 6) is -0.377. The molecule has 0 heterocycles. The lowest BCUT2D eigenvalue weighted by Crippen LogP contribution is -2.17. The molecule has 0 spiro atoms. The average molecular weight is 204 g/mol. The summed E-state index contributed by atoms with van der Waals surface area (Å²) in [6, 6.07) is 0. The van der Waals surface area contributed by atoms with Crippen molar-refractivity contribution in [2.24, 2.45) is 0 Å². The fourth-order valence-electron chi connectivity index (χ4n) is 1.09. The van der Waals surface area contributed by atoms with Crippen molar-refractivity contribution < 1.29 is 19.7 Å². The second-order valence-corrected chi connectivity index (χ2v) is 3.45. The molecule has 2 atom stereocenters. The van der Waals surface area contributed by atoms with E-state index in [1.165, 1.54) is 6.92 Å². The third-order valence-corrected chi connectivity index (χ3v) is 2.02. The van der Waals surface area contributed by atoms with Gasteiger partial charge >= 0.3 is 5.97 Å². The summed E-state index contributed by atoms with van der Waals surface area (Å²) in [7, 11) is 0. The van der Waals surface area contributed by atoms with Crippen LogP contribution < -0.4 is 0 Å². The van der Waals surface area contributed by atoms with Crippen molar-refractivity contribution in [2.45, 2.75) is 51.7 Å². The molecule has 0 aromatic heterocycles. The topological polar surface area (TPSA) is 66.8 Å². The van der Waals surface area contributed by atoms with Crippen molar-refractivity contribution in [3.05, 3.63) is 0 Å². The van der Waals surface area contributed by atoms with E-state index in [9.17, 15) is 15.0 Å². The third kappa shape index (κ3) is 8.01. The van der Waals surface area contributed by atoms with Gasteiger partial charge in [0.1, 0.15) is 6.61 Å². The highest BCUT2D eigenvalue weighted by Crippen LogP contribution is 2.06. The Bertz CT molecular complexity index is 158. The summed E-state index contributed by atoms with van der Waals surface area (Å²) < 4.78 is 4.64. The van der Waals surface area contributed by atoms with Crippen molar-refractivity contribution in [1.82, 2.24) is 0 Å². The van der Waals surface area contributed by atoms with Crippen LogP contribution in [-0.4, -0.2) is 35.0 Å². The summed E-state index contributed by atoms with van der Waals surface area (Å²) in [5.41, 5.74) is 0. The monoisotopic (exact) mass is 204 g/mol. The Morgan fingerprint density at radius 1 is 1.29 bits per heavy atom. The minimum Gasteiger partial charge on any atom is -0.463 e. The predicted octanol–water partition coefficient (Wildman–Crippen LogP) is 0.852. The number of aliphatic hydroxyl groups is 2. The van der Waals surface area contributed by atoms with Gasteiger partial charge in [0.15, 0.2) is 0 Å². The van der Waals surface area contributed by atoms with Gasteiger partial charge in [-0.2, -0.15) is 0 Å². The van der Waals surface area contributed by atoms with Gasteiger partial charge in [-0.3, -0.25) is 4.79 Å². The molecule has 4 nitrogen and oxygen atoms in total. The van der Waals surface area contributed by atoms with E-state index in [1.807, 2.05) is 6.92 Å². The standard InChI is InChI=1S/C10H20O4/c1-3-9(12)5-4-6-10(13)7-14-8(2)11/h9-10,12-13H,3-7H2,1-2H3. The molecule has 0 rings (SSSR count). The van der Waals surface area contributed by atoms with Gasteiger partial charge in [0.05, 0.1) is 12.2 Å². The molecule has 84 valence electrons. The van der Waals surface area contributed by atoms with Crippen LogP contribution in [0.15, 0.2) is 0 Å². The molecule has 0 aliphatic rings. The SMILES string of the molecule is CCC(O)CCCC(O)COC(C)=O. The van der Waals surface area contributed by atoms with Crippen molar-refractivity contribution in [2.75, 3.05) is 6.61 Å². The van der Waals surface area contributed by atoms with Crippen LogP contribution in [0.2, 0.25) is 0 Å². The van der Waals surface area contributed by atoms with Crippen molar-refractivity contribution in [3.8, 4) is 0 Å². The van der Waals surface area contributed by atoms with Crippen LogP contribution in [0.1, 0.15) is 39.5 Å². The zero-order chi connectivity index (χ0) is 11.0. The van der Waals surface area contributed by atoms with Crippen molar-refractivity contribution in [1.29, 1.82) is 0 Å². The number of ether oxygens (including phenoxy) is 1. The molecule has 4 heteroatoms. The minimum absolute atomic E-state index is 0.0531. The summed E-state index contributed by atoms with van der Waals surface area (Å²) in [5, 5.41) is 18.5. The Balaban J connectivity index is 3.35. The molecule has 0 fully saturated rings. The van der Waals surface area contributed by atoms with E-state index in [-0.39, 0.29) is 18.7 Å². The van der Waals surface area contributed by atoms with Crippen molar-refractivity contribution in [3.63, 3.8) is 0 Å². The van der Waals surface area contributed by atoms with Crippen molar-refractivity contribution >= 4 is 5.97 Å². The number of rotatable bonds is 7. The lowest BCUT2D eigenvalue weighted by atomic mass is 10.1. The minimum atomic E-state index is -0.608. The second kappa shape index (κ2) is 7.76. The van der Waals surface area contributed by atoms with Crippen LogP contribution in [0.5, 0.6) is 0 Å². The molecular formula is C10H20O4. The highest BCUT2D eigenvalue weighted by Gasteiger charge is 2.07. The fraction of sp³-hybridized carbons (Fsp3) is 0.900. The molecule has 0 radical (unpaired) electrons. The summed E-state index contributed by atoms with van der Waals surface area (Å²) in [6.45, 7) is 3.28. The molecule has 0 aliphatic carbocycles. The zero-order valence-corrected chi connectivity index (χ0v) is 8.90. The molecule has 0 aromatic rings. The zero-order valence-electron chi connectivity index (χ0n) is 8.90. The summed E-state index contributed by atoms with van der Waals surface area (Å²) in [4.78, 5) is 10.4. The molecule has 0 aromatic carbocycles. The van der Waals surface area contributed by atoms with E-state index >= 15 is 0 Å². The van der Waals surface area contributed by atoms with E-state index in [1.54, 1.807) is 0 Å². The Morgan fingerprint density at radius 3 is 2.36 bits per heavy atom. The maximum atomic E-state index is 10.4. The number of hydrogen-bond acceptors (Lipinski definition) is 4. The van der Waals surface area contributed by atoms with E-state index in [4.69, 9.17) is 0 Å². The van der Waals surface area contributed by atoms with Gasteiger partial charge in [0, 0.05) is 6.92 Å². The molecule has 0 amide bonds. The van der Waals surface area contributed by atoms with E-state index < -0.39 is 6.10 Å². The van der Waals surface area contributed by atoms with Crippen LogP contribution in [0.3, 0.4) is 0 Å². The quantitative estimate of drug-likeness (QED) is 0.603. The lowest BCUT2D eigenvalue weighted by molar-refractivity contribution is -0.144. The van der Waals surface area contributed by atoms with Crippen LogP contribution in [0, 0.1) is 0 Å². The Kier molecular flexibility index (Phi) is 7.42. The van der Waals surface area contributed by atoms with Gasteiger partial charge < -0.3 is 14.9 Å². The average Bonchev–Trinajstić information content (AvgIpc) is 2.14. The first-order chi connectivity index (χ1) is 6.56. The molecule has 0 saturated heterocycles. The molecule has 2 N–H and O–H groups in total. The van der Waals surface area contributed by atoms with Gasteiger partial charge in [-0.25, -0.2) is 0 Å². The fourth-order valence-corrected chi connectivity index (χ4v) is 1.09. The normalized spacial score (nSPS) is 14.9. The lowest BCUT2D eigenvalue weighted by Gasteiger charge is -2.11. The van der Waals surface area contributed by atoms with Crippen LogP contribution >= 0.6 is 0 Å². The van der Waals surface area contributed by atoms with Gasteiger partial charge in [0.2, 0.25) is 0 Å². The summed E-state index contributed by atoms with van der Waals surface area (Å²) in [6.07, 6.45) is 1.84. The molecule has 0 bridgehead atoms. The summed E-state index contributed by atoms with van der Waals surface area (Å²) >= 11 is 0. The van der Waals surface area contributed by atoms with Gasteiger partial charge in [0.25, 0.3) is 0 Å². The Labute approximate surface area is 84.9 Å². The molecular weight excluding hydrogens is 184 g/mol. The largest absolute Gasteiger partial charge is 0.463 e. The van der Waals surface area contributed by atoms with Gasteiger partial charge in [-0.15, -0.1) is 0 Å². The Morgan fingerprint density at radius 2 is 1.86 bits per heavy atom. The number of aliphatic hydroxyl groups excluding tert-OH is 2. The third-order valence-electron chi connectivity index (χ3n) is 2.02. The van der Waals surface area contributed by atoms with E-state index in [0.29, 0.717) is 12.8 Å². The number of esters is 1. The van der Waals surface area contributed by atoms with Gasteiger partial charge in [-0.05, 0) is 25.7 Å². The molecule has 2 unspecified atom stereocenters. The smallest absolute Gasteiger partial charge is 0.302 e. The first-order valence-electron chi connectivity index (χ1n) is 5.05. The van der Waals surface area contributed by atoms with E-state index in [2.05, 4.69) is 4.74 Å². The van der Waals surface area contributed by atoms with Gasteiger partial charge in [-0.1, -0.05) is 6.92 Å². The van der Waals surface area contributed by atoms with E-state index in [0.717, 1.165) is 12.8 Å². The van der Waals surface area contributed by atoms with Crippen LogP contribution in [0.4, 0.5) is 0 Å². The maximum absolute atomic E-state index is 10.4. The maximum Gasteiger partial charge on any atom is 0.302 e. The second-order valence-electron chi connectivity index (χ2n) is 3.45. The first-order valence-corrected chi connectivity index (χ1v) is 5.05. The molecule has 0 aliphatic heterocycles. The first kappa shape index (κ1) is 13.4.